The molecule has 2 unspecified atom stereocenters. The molecule has 0 aliphatic heterocycles. The number of nitrogens with two attached hydrogens (primary N) is 1. The fourth-order valence-electron chi connectivity index (χ4n) is 2.52. The molecule has 0 bridgehead atoms. The van der Waals surface area contributed by atoms with E-state index in [2.05, 4.69) is 27.7 Å². The highest BCUT2D eigenvalue weighted by Gasteiger charge is 2.23. The molecule has 2 aromatic rings. The van der Waals surface area contributed by atoms with Crippen LogP contribution in [0.3, 0.4) is 0 Å². The van der Waals surface area contributed by atoms with E-state index in [1.165, 1.54) is 4.80 Å². The summed E-state index contributed by atoms with van der Waals surface area (Å²) in [4.78, 5) is 14.0. The lowest BCUT2D eigenvalue weighted by atomic mass is 10.1. The molecule has 0 saturated carbocycles. The minimum Gasteiger partial charge on any atom is -0.350 e. The van der Waals surface area contributed by atoms with Gasteiger partial charge in [0.15, 0.2) is 6.04 Å². The molecule has 1 amide bonds. The molecule has 0 aliphatic carbocycles. The van der Waals surface area contributed by atoms with Crippen molar-refractivity contribution in [3.63, 3.8) is 0 Å². The lowest BCUT2D eigenvalue weighted by molar-refractivity contribution is -0.125. The number of carbonyl (C=O) groups excluding carboxylic acids is 1. The van der Waals surface area contributed by atoms with E-state index in [0.717, 1.165) is 24.8 Å². The zero-order valence-electron chi connectivity index (χ0n) is 14.7. The Balaban J connectivity index is 2.09. The topological polar surface area (TPSA) is 98.7 Å². The summed E-state index contributed by atoms with van der Waals surface area (Å²) < 4.78 is 0. The largest absolute Gasteiger partial charge is 0.350 e. The second-order valence-corrected chi connectivity index (χ2v) is 6.38. The third-order valence-electron chi connectivity index (χ3n) is 4.04. The number of tetrazole rings is 1. The Morgan fingerprint density at radius 2 is 2.04 bits per heavy atom. The van der Waals surface area contributed by atoms with Crippen molar-refractivity contribution >= 4 is 17.5 Å². The van der Waals surface area contributed by atoms with Crippen LogP contribution < -0.4 is 11.1 Å². The lowest BCUT2D eigenvalue weighted by Crippen LogP contribution is -2.44. The van der Waals surface area contributed by atoms with E-state index in [0.29, 0.717) is 23.8 Å². The first-order valence-corrected chi connectivity index (χ1v) is 9.02. The molecule has 0 fully saturated rings. The van der Waals surface area contributed by atoms with Gasteiger partial charge in [-0.3, -0.25) is 4.79 Å². The van der Waals surface area contributed by atoms with Gasteiger partial charge in [-0.2, -0.15) is 4.80 Å². The average molecular weight is 365 g/mol. The van der Waals surface area contributed by atoms with Gasteiger partial charge in [0.25, 0.3) is 0 Å². The molecule has 0 spiro atoms. The van der Waals surface area contributed by atoms with Crippen molar-refractivity contribution in [2.45, 2.75) is 51.6 Å². The number of halogens is 1. The van der Waals surface area contributed by atoms with Crippen molar-refractivity contribution in [2.24, 2.45) is 5.73 Å². The predicted octanol–water partition coefficient (Wildman–Crippen LogP) is 2.58. The number of aromatic nitrogens is 4. The molecule has 136 valence electrons. The van der Waals surface area contributed by atoms with E-state index in [1.54, 1.807) is 12.1 Å². The predicted molar refractivity (Wildman–Crippen MR) is 98.1 cm³/mol. The van der Waals surface area contributed by atoms with Crippen molar-refractivity contribution < 1.29 is 4.79 Å². The molecule has 1 heterocycles. The van der Waals surface area contributed by atoms with Gasteiger partial charge in [0.05, 0.1) is 0 Å². The minimum atomic E-state index is -0.510. The summed E-state index contributed by atoms with van der Waals surface area (Å²) in [6.07, 6.45) is 3.53. The molecule has 25 heavy (non-hydrogen) atoms. The summed E-state index contributed by atoms with van der Waals surface area (Å²) in [5.41, 5.74) is 6.56. The van der Waals surface area contributed by atoms with E-state index in [4.69, 9.17) is 17.3 Å². The number of rotatable bonds is 9. The maximum atomic E-state index is 12.6. The maximum Gasteiger partial charge on any atom is 0.247 e. The van der Waals surface area contributed by atoms with Gasteiger partial charge in [0, 0.05) is 23.2 Å². The van der Waals surface area contributed by atoms with E-state index in [-0.39, 0.29) is 11.9 Å². The Bertz CT molecular complexity index is 672. The minimum absolute atomic E-state index is 0.0271. The Hall–Kier alpha value is -1.99. The van der Waals surface area contributed by atoms with Gasteiger partial charge in [0.1, 0.15) is 0 Å². The molecule has 1 aromatic heterocycles. The zero-order valence-corrected chi connectivity index (χ0v) is 15.4. The van der Waals surface area contributed by atoms with Crippen molar-refractivity contribution in [1.82, 2.24) is 25.5 Å². The smallest absolute Gasteiger partial charge is 0.247 e. The second-order valence-electron chi connectivity index (χ2n) is 5.95. The summed E-state index contributed by atoms with van der Waals surface area (Å²) in [5, 5.41) is 16.1. The number of amides is 1. The van der Waals surface area contributed by atoms with Crippen molar-refractivity contribution in [2.75, 3.05) is 6.54 Å². The monoisotopic (exact) mass is 364 g/mol. The number of nitrogens with one attached hydrogen (secondary N) is 1. The van der Waals surface area contributed by atoms with Gasteiger partial charge >= 0.3 is 0 Å². The van der Waals surface area contributed by atoms with Gasteiger partial charge < -0.3 is 11.1 Å². The second kappa shape index (κ2) is 9.48. The van der Waals surface area contributed by atoms with Crippen LogP contribution in [0.4, 0.5) is 0 Å². The molecule has 2 atom stereocenters. The van der Waals surface area contributed by atoms with Crippen molar-refractivity contribution in [3.05, 3.63) is 29.3 Å². The Morgan fingerprint density at radius 3 is 2.64 bits per heavy atom. The summed E-state index contributed by atoms with van der Waals surface area (Å²) in [6, 6.07) is 6.63. The van der Waals surface area contributed by atoms with Crippen LogP contribution in [0.5, 0.6) is 0 Å². The SMILES string of the molecule is CCCCC(CN)NC(=O)C(CC)n1nnc(-c2ccc(Cl)cc2)n1. The summed E-state index contributed by atoms with van der Waals surface area (Å²) in [7, 11) is 0. The van der Waals surface area contributed by atoms with E-state index in [9.17, 15) is 4.79 Å². The van der Waals surface area contributed by atoms with Crippen LogP contribution >= 0.6 is 11.6 Å². The lowest BCUT2D eigenvalue weighted by Gasteiger charge is -2.20. The van der Waals surface area contributed by atoms with E-state index >= 15 is 0 Å². The fraction of sp³-hybridized carbons (Fsp3) is 0.529. The van der Waals surface area contributed by atoms with Crippen LogP contribution in [0.2, 0.25) is 5.02 Å². The van der Waals surface area contributed by atoms with Crippen molar-refractivity contribution in [3.8, 4) is 11.4 Å². The first-order valence-electron chi connectivity index (χ1n) is 8.64. The number of nitrogens with zero attached hydrogens (tertiary/aromatic N) is 4. The van der Waals surface area contributed by atoms with Crippen LogP contribution in [0.25, 0.3) is 11.4 Å². The molecule has 0 aliphatic rings. The highest BCUT2D eigenvalue weighted by molar-refractivity contribution is 6.30. The molecular weight excluding hydrogens is 340 g/mol. The van der Waals surface area contributed by atoms with Gasteiger partial charge in [-0.25, -0.2) is 0 Å². The fourth-order valence-corrected chi connectivity index (χ4v) is 2.65. The van der Waals surface area contributed by atoms with Crippen LogP contribution in [0, 0.1) is 0 Å². The third-order valence-corrected chi connectivity index (χ3v) is 4.29. The van der Waals surface area contributed by atoms with Gasteiger partial charge in [0.2, 0.25) is 11.7 Å². The molecule has 3 N–H and O–H groups in total. The average Bonchev–Trinajstić information content (AvgIpc) is 3.09. The molecule has 0 radical (unpaired) electrons. The molecular formula is C17H25ClN6O. The summed E-state index contributed by atoms with van der Waals surface area (Å²) >= 11 is 5.89. The van der Waals surface area contributed by atoms with Crippen LogP contribution in [-0.2, 0) is 4.79 Å². The van der Waals surface area contributed by atoms with Gasteiger partial charge in [-0.15, -0.1) is 10.2 Å². The van der Waals surface area contributed by atoms with E-state index < -0.39 is 6.04 Å². The first kappa shape index (κ1) is 19.3. The zero-order chi connectivity index (χ0) is 18.2. The van der Waals surface area contributed by atoms with E-state index in [1.807, 2.05) is 19.1 Å². The number of hydrogen-bond acceptors (Lipinski definition) is 5. The number of benzene rings is 1. The van der Waals surface area contributed by atoms with Crippen LogP contribution in [0.1, 0.15) is 45.6 Å². The highest BCUT2D eigenvalue weighted by Crippen LogP contribution is 2.18. The molecule has 1 aromatic carbocycles. The van der Waals surface area contributed by atoms with Crippen LogP contribution in [0.15, 0.2) is 24.3 Å². The Labute approximate surface area is 152 Å². The van der Waals surface area contributed by atoms with Gasteiger partial charge in [-0.1, -0.05) is 38.3 Å². The normalized spacial score (nSPS) is 13.4. The molecule has 2 rings (SSSR count). The van der Waals surface area contributed by atoms with Gasteiger partial charge in [-0.05, 0) is 42.3 Å². The van der Waals surface area contributed by atoms with Crippen LogP contribution in [-0.4, -0.2) is 38.7 Å². The first-order chi connectivity index (χ1) is 12.1. The number of hydrogen-bond donors (Lipinski definition) is 2. The highest BCUT2D eigenvalue weighted by atomic mass is 35.5. The quantitative estimate of drug-likeness (QED) is 0.712. The number of unbranched alkanes of at least 4 members (excludes halogenated alkanes) is 1. The maximum absolute atomic E-state index is 12.6. The molecule has 0 saturated heterocycles. The Morgan fingerprint density at radius 1 is 1.32 bits per heavy atom. The van der Waals surface area contributed by atoms with Crippen molar-refractivity contribution in [1.29, 1.82) is 0 Å². The number of carbonyl (C=O) groups is 1. The Kier molecular flexibility index (Phi) is 7.33. The molecule has 8 heteroatoms. The summed E-state index contributed by atoms with van der Waals surface area (Å²) in [5.74, 6) is 0.332. The third kappa shape index (κ3) is 5.24. The summed E-state index contributed by atoms with van der Waals surface area (Å²) in [6.45, 7) is 4.45. The standard InChI is InChI=1S/C17H25ClN6O/c1-3-5-6-14(11-19)20-17(25)15(4-2)24-22-16(21-23-24)12-7-9-13(18)10-8-12/h7-10,14-15H,3-6,11,19H2,1-2H3,(H,20,25). The molecule has 7 nitrogen and oxygen atoms in total.